The molecule has 0 rings (SSSR count). The van der Waals surface area contributed by atoms with Crippen molar-refractivity contribution in [1.29, 1.82) is 0 Å². The third kappa shape index (κ3) is 6.32. The zero-order valence-corrected chi connectivity index (χ0v) is 8.23. The van der Waals surface area contributed by atoms with Gasteiger partial charge in [0.2, 0.25) is 0 Å². The van der Waals surface area contributed by atoms with E-state index in [4.69, 9.17) is 9.78 Å². The number of hydrogen-bond acceptors (Lipinski definition) is 2. The van der Waals surface area contributed by atoms with Gasteiger partial charge < -0.3 is 0 Å². The van der Waals surface area contributed by atoms with E-state index >= 15 is 0 Å². The Bertz CT molecular complexity index is 97.7. The van der Waals surface area contributed by atoms with Gasteiger partial charge in [-0.3, -0.25) is 0 Å². The Kier molecular flexibility index (Phi) is 4.69. The molecule has 0 aliphatic carbocycles. The fourth-order valence-electron chi connectivity index (χ4n) is 0.840. The van der Waals surface area contributed by atoms with Crippen molar-refractivity contribution in [3.05, 3.63) is 6.10 Å². The van der Waals surface area contributed by atoms with Crippen molar-refractivity contribution < 1.29 is 9.78 Å². The number of hydrogen-bond donors (Lipinski definition) is 0. The summed E-state index contributed by atoms with van der Waals surface area (Å²) in [6.07, 6.45) is 2.97. The van der Waals surface area contributed by atoms with Crippen LogP contribution in [0.15, 0.2) is 0 Å². The molecule has 0 amide bonds. The predicted octanol–water partition coefficient (Wildman–Crippen LogP) is 3.09. The van der Waals surface area contributed by atoms with Crippen LogP contribution >= 0.6 is 0 Å². The van der Waals surface area contributed by atoms with E-state index in [1.807, 2.05) is 27.7 Å². The predicted molar refractivity (Wildman–Crippen MR) is 45.7 cm³/mol. The van der Waals surface area contributed by atoms with Crippen LogP contribution in [0.3, 0.4) is 0 Å². The normalized spacial score (nSPS) is 12.5. The van der Waals surface area contributed by atoms with Gasteiger partial charge in [0.1, 0.15) is 6.10 Å². The molecule has 0 saturated heterocycles. The summed E-state index contributed by atoms with van der Waals surface area (Å²) in [6, 6.07) is 0. The number of rotatable bonds is 5. The molecule has 0 aromatic heterocycles. The maximum Gasteiger partial charge on any atom is 0.129 e. The van der Waals surface area contributed by atoms with Crippen molar-refractivity contribution in [2.75, 3.05) is 0 Å². The first-order chi connectivity index (χ1) is 4.98. The minimum Gasteiger partial charge on any atom is -0.230 e. The molecule has 0 saturated carbocycles. The van der Waals surface area contributed by atoms with Gasteiger partial charge in [0.05, 0.1) is 5.60 Å². The largest absolute Gasteiger partial charge is 0.230 e. The topological polar surface area (TPSA) is 18.5 Å². The van der Waals surface area contributed by atoms with Gasteiger partial charge in [-0.25, -0.2) is 9.78 Å². The van der Waals surface area contributed by atoms with E-state index < -0.39 is 0 Å². The van der Waals surface area contributed by atoms with Gasteiger partial charge in [0.15, 0.2) is 0 Å². The zero-order chi connectivity index (χ0) is 8.91. The molecule has 0 N–H and O–H groups in total. The highest BCUT2D eigenvalue weighted by atomic mass is 17.2. The highest BCUT2D eigenvalue weighted by molar-refractivity contribution is 4.66. The highest BCUT2D eigenvalue weighted by Gasteiger charge is 2.18. The molecule has 0 aliphatic heterocycles. The van der Waals surface area contributed by atoms with Crippen molar-refractivity contribution in [3.8, 4) is 0 Å². The molecule has 0 heterocycles. The molecule has 0 aromatic rings. The van der Waals surface area contributed by atoms with Crippen LogP contribution in [0.25, 0.3) is 0 Å². The minimum atomic E-state index is -0.161. The minimum absolute atomic E-state index is 0.161. The van der Waals surface area contributed by atoms with Crippen LogP contribution in [0.5, 0.6) is 0 Å². The molecule has 2 heteroatoms. The molecule has 0 atom stereocenters. The summed E-state index contributed by atoms with van der Waals surface area (Å²) in [4.78, 5) is 10.2. The van der Waals surface area contributed by atoms with Crippen molar-refractivity contribution in [3.63, 3.8) is 0 Å². The summed E-state index contributed by atoms with van der Waals surface area (Å²) < 4.78 is 0. The van der Waals surface area contributed by atoms with Gasteiger partial charge in [-0.05, 0) is 34.1 Å². The van der Waals surface area contributed by atoms with Crippen molar-refractivity contribution >= 4 is 0 Å². The van der Waals surface area contributed by atoms with E-state index in [-0.39, 0.29) is 5.60 Å². The average Bonchev–Trinajstić information content (AvgIpc) is 1.84. The van der Waals surface area contributed by atoms with E-state index in [1.165, 1.54) is 0 Å². The Morgan fingerprint density at radius 2 is 1.82 bits per heavy atom. The van der Waals surface area contributed by atoms with Crippen LogP contribution in [-0.4, -0.2) is 5.60 Å². The smallest absolute Gasteiger partial charge is 0.129 e. The van der Waals surface area contributed by atoms with Crippen LogP contribution in [0, 0.1) is 6.10 Å². The SMILES string of the molecule is CCCC(C)(C)OO[C](C)C. The van der Waals surface area contributed by atoms with Crippen molar-refractivity contribution in [1.82, 2.24) is 0 Å². The molecule has 0 unspecified atom stereocenters. The zero-order valence-electron chi connectivity index (χ0n) is 8.23. The monoisotopic (exact) mass is 159 g/mol. The molecular formula is C9H19O2. The second kappa shape index (κ2) is 4.73. The third-order valence-electron chi connectivity index (χ3n) is 1.29. The summed E-state index contributed by atoms with van der Waals surface area (Å²) in [7, 11) is 0. The lowest BCUT2D eigenvalue weighted by molar-refractivity contribution is -0.345. The molecule has 0 fully saturated rings. The first-order valence-electron chi connectivity index (χ1n) is 4.14. The maximum atomic E-state index is 5.19. The van der Waals surface area contributed by atoms with Gasteiger partial charge in [-0.1, -0.05) is 13.3 Å². The van der Waals surface area contributed by atoms with E-state index in [2.05, 4.69) is 6.92 Å². The second-order valence-electron chi connectivity index (χ2n) is 3.58. The second-order valence-corrected chi connectivity index (χ2v) is 3.58. The summed E-state index contributed by atoms with van der Waals surface area (Å²) in [6.45, 7) is 9.94. The standard InChI is InChI=1S/C9H19O2/c1-6-7-9(4,5)11-10-8(2)3/h6-7H2,1-5H3. The van der Waals surface area contributed by atoms with Crippen LogP contribution in [0.2, 0.25) is 0 Å². The molecule has 0 aliphatic rings. The summed E-state index contributed by atoms with van der Waals surface area (Å²) in [5.74, 6) is 0. The molecule has 67 valence electrons. The fourth-order valence-corrected chi connectivity index (χ4v) is 0.840. The van der Waals surface area contributed by atoms with E-state index in [0.717, 1.165) is 18.9 Å². The molecule has 1 radical (unpaired) electrons. The summed E-state index contributed by atoms with van der Waals surface area (Å²) in [5.41, 5.74) is -0.161. The van der Waals surface area contributed by atoms with Gasteiger partial charge in [-0.2, -0.15) is 0 Å². The summed E-state index contributed by atoms with van der Waals surface area (Å²) in [5, 5.41) is 0. The van der Waals surface area contributed by atoms with Crippen LogP contribution in [-0.2, 0) is 9.78 Å². The quantitative estimate of drug-likeness (QED) is 0.453. The van der Waals surface area contributed by atoms with Crippen LogP contribution < -0.4 is 0 Å². The Balaban J connectivity index is 3.54. The lowest BCUT2D eigenvalue weighted by Gasteiger charge is -2.23. The van der Waals surface area contributed by atoms with E-state index in [0.29, 0.717) is 0 Å². The van der Waals surface area contributed by atoms with Crippen LogP contribution in [0.1, 0.15) is 47.5 Å². The van der Waals surface area contributed by atoms with Gasteiger partial charge in [0, 0.05) is 0 Å². The Morgan fingerprint density at radius 1 is 1.27 bits per heavy atom. The lowest BCUT2D eigenvalue weighted by atomic mass is 10.0. The van der Waals surface area contributed by atoms with Crippen LogP contribution in [0.4, 0.5) is 0 Å². The van der Waals surface area contributed by atoms with E-state index in [9.17, 15) is 0 Å². The third-order valence-corrected chi connectivity index (χ3v) is 1.29. The lowest BCUT2D eigenvalue weighted by Crippen LogP contribution is -2.24. The van der Waals surface area contributed by atoms with Crippen molar-refractivity contribution in [2.45, 2.75) is 53.1 Å². The summed E-state index contributed by atoms with van der Waals surface area (Å²) >= 11 is 0. The first-order valence-corrected chi connectivity index (χ1v) is 4.14. The van der Waals surface area contributed by atoms with Crippen molar-refractivity contribution in [2.24, 2.45) is 0 Å². The molecule has 0 bridgehead atoms. The van der Waals surface area contributed by atoms with Gasteiger partial charge in [0.25, 0.3) is 0 Å². The highest BCUT2D eigenvalue weighted by Crippen LogP contribution is 2.18. The molecule has 11 heavy (non-hydrogen) atoms. The molecule has 0 spiro atoms. The molecule has 0 aromatic carbocycles. The maximum absolute atomic E-state index is 5.19. The fraction of sp³-hybridized carbons (Fsp3) is 0.889. The first kappa shape index (κ1) is 10.9. The Labute approximate surface area is 69.8 Å². The molecular weight excluding hydrogens is 140 g/mol. The Hall–Kier alpha value is -0.0800. The van der Waals surface area contributed by atoms with E-state index in [1.54, 1.807) is 0 Å². The molecule has 2 nitrogen and oxygen atoms in total. The average molecular weight is 159 g/mol. The van der Waals surface area contributed by atoms with Gasteiger partial charge >= 0.3 is 0 Å². The van der Waals surface area contributed by atoms with Gasteiger partial charge in [-0.15, -0.1) is 0 Å². The Morgan fingerprint density at radius 3 is 2.18 bits per heavy atom.